The molecule has 24 heavy (non-hydrogen) atoms. The summed E-state index contributed by atoms with van der Waals surface area (Å²) >= 11 is 1.58. The fourth-order valence-electron chi connectivity index (χ4n) is 2.56. The molecule has 1 fully saturated rings. The Hall–Kier alpha value is -2.47. The van der Waals surface area contributed by atoms with Crippen LogP contribution in [0.3, 0.4) is 0 Å². The number of benzene rings is 1. The minimum Gasteiger partial charge on any atom is -0.351 e. The van der Waals surface area contributed by atoms with Gasteiger partial charge >= 0.3 is 0 Å². The minimum absolute atomic E-state index is 0.163. The van der Waals surface area contributed by atoms with Gasteiger partial charge in [-0.2, -0.15) is 0 Å². The van der Waals surface area contributed by atoms with E-state index in [0.29, 0.717) is 18.2 Å². The van der Waals surface area contributed by atoms with Gasteiger partial charge in [0.1, 0.15) is 5.01 Å². The molecule has 6 heteroatoms. The molecular formula is C18H17N3O2S. The van der Waals surface area contributed by atoms with E-state index in [-0.39, 0.29) is 5.91 Å². The normalized spacial score (nSPS) is 13.9. The van der Waals surface area contributed by atoms with E-state index in [1.807, 2.05) is 35.7 Å². The van der Waals surface area contributed by atoms with Crippen molar-refractivity contribution in [3.05, 3.63) is 58.9 Å². The predicted molar refractivity (Wildman–Crippen MR) is 91.8 cm³/mol. The van der Waals surface area contributed by atoms with Gasteiger partial charge in [0.05, 0.1) is 17.9 Å². The van der Waals surface area contributed by atoms with Gasteiger partial charge in [-0.15, -0.1) is 11.3 Å². The Morgan fingerprint density at radius 1 is 1.33 bits per heavy atom. The molecule has 3 aromatic rings. The zero-order chi connectivity index (χ0) is 16.5. The molecule has 0 bridgehead atoms. The van der Waals surface area contributed by atoms with Crippen LogP contribution in [0.25, 0.3) is 10.6 Å². The largest absolute Gasteiger partial charge is 0.351 e. The quantitative estimate of drug-likeness (QED) is 0.706. The number of carbonyl (C=O) groups is 1. The van der Waals surface area contributed by atoms with Gasteiger partial charge in [0.25, 0.3) is 5.91 Å². The van der Waals surface area contributed by atoms with Crippen LogP contribution in [0.5, 0.6) is 0 Å². The number of hydrogen-bond donors (Lipinski definition) is 0. The fraction of sp³-hybridized carbons (Fsp3) is 0.278. The number of amides is 1. The Morgan fingerprint density at radius 3 is 2.88 bits per heavy atom. The van der Waals surface area contributed by atoms with E-state index in [0.717, 1.165) is 34.8 Å². The first kappa shape index (κ1) is 15.1. The molecule has 2 heterocycles. The third kappa shape index (κ3) is 3.10. The first-order chi connectivity index (χ1) is 11.7. The Morgan fingerprint density at radius 2 is 2.12 bits per heavy atom. The van der Waals surface area contributed by atoms with Crippen LogP contribution < -0.4 is 0 Å². The maximum atomic E-state index is 12.4. The highest BCUT2D eigenvalue weighted by Gasteiger charge is 2.29. The van der Waals surface area contributed by atoms with E-state index in [4.69, 9.17) is 4.52 Å². The summed E-state index contributed by atoms with van der Waals surface area (Å²) in [7, 11) is 1.75. The van der Waals surface area contributed by atoms with Gasteiger partial charge in [0.15, 0.2) is 0 Å². The highest BCUT2D eigenvalue weighted by Crippen LogP contribution is 2.39. The van der Waals surface area contributed by atoms with Crippen LogP contribution in [0.4, 0.5) is 0 Å². The Kier molecular flexibility index (Phi) is 3.90. The van der Waals surface area contributed by atoms with Crippen molar-refractivity contribution in [3.8, 4) is 10.6 Å². The molecule has 0 N–H and O–H groups in total. The Labute approximate surface area is 143 Å². The number of nitrogens with zero attached hydrogens (tertiary/aromatic N) is 3. The van der Waals surface area contributed by atoms with Crippen molar-refractivity contribution in [3.63, 3.8) is 0 Å². The van der Waals surface area contributed by atoms with Crippen molar-refractivity contribution in [1.29, 1.82) is 0 Å². The van der Waals surface area contributed by atoms with E-state index in [9.17, 15) is 4.79 Å². The van der Waals surface area contributed by atoms with Gasteiger partial charge in [-0.3, -0.25) is 4.79 Å². The van der Waals surface area contributed by atoms with Crippen LogP contribution in [-0.4, -0.2) is 28.0 Å². The van der Waals surface area contributed by atoms with Crippen LogP contribution >= 0.6 is 11.3 Å². The standard InChI is InChI=1S/C18H17N3O2S/c1-21(18(22)16-9-15(20-23-16)12-7-8-12)10-14-11-24-17(19-14)13-5-3-2-4-6-13/h2-6,9,11-12H,7-8,10H2,1H3. The molecule has 1 aliphatic carbocycles. The van der Waals surface area contributed by atoms with Gasteiger partial charge < -0.3 is 9.42 Å². The second kappa shape index (κ2) is 6.20. The molecule has 0 atom stereocenters. The van der Waals surface area contributed by atoms with Crippen LogP contribution in [0, 0.1) is 0 Å². The van der Waals surface area contributed by atoms with E-state index in [1.54, 1.807) is 29.4 Å². The number of aromatic nitrogens is 2. The lowest BCUT2D eigenvalue weighted by Gasteiger charge is -2.13. The lowest BCUT2D eigenvalue weighted by atomic mass is 10.2. The molecule has 0 spiro atoms. The van der Waals surface area contributed by atoms with Gasteiger partial charge in [0, 0.05) is 30.0 Å². The number of thiazole rings is 1. The first-order valence-corrected chi connectivity index (χ1v) is 8.80. The third-order valence-corrected chi connectivity index (χ3v) is 4.99. The Balaban J connectivity index is 1.44. The smallest absolute Gasteiger partial charge is 0.292 e. The van der Waals surface area contributed by atoms with Crippen LogP contribution in [0.2, 0.25) is 0 Å². The van der Waals surface area contributed by atoms with Crippen molar-refractivity contribution >= 4 is 17.2 Å². The highest BCUT2D eigenvalue weighted by molar-refractivity contribution is 7.13. The predicted octanol–water partition coefficient (Wildman–Crippen LogP) is 3.95. The Bertz CT molecular complexity index is 852. The number of hydrogen-bond acceptors (Lipinski definition) is 5. The van der Waals surface area contributed by atoms with Crippen molar-refractivity contribution in [2.24, 2.45) is 0 Å². The lowest BCUT2D eigenvalue weighted by Crippen LogP contribution is -2.25. The zero-order valence-corrected chi connectivity index (χ0v) is 14.1. The second-order valence-electron chi connectivity index (χ2n) is 6.06. The van der Waals surface area contributed by atoms with Crippen molar-refractivity contribution in [2.75, 3.05) is 7.05 Å². The average Bonchev–Trinajstić information content (AvgIpc) is 3.16. The molecule has 1 amide bonds. The molecule has 0 radical (unpaired) electrons. The zero-order valence-electron chi connectivity index (χ0n) is 13.3. The molecule has 5 nitrogen and oxygen atoms in total. The molecule has 2 aromatic heterocycles. The average molecular weight is 339 g/mol. The maximum Gasteiger partial charge on any atom is 0.292 e. The molecule has 0 unspecified atom stereocenters. The lowest BCUT2D eigenvalue weighted by molar-refractivity contribution is 0.0742. The minimum atomic E-state index is -0.163. The summed E-state index contributed by atoms with van der Waals surface area (Å²) in [5, 5.41) is 6.94. The molecule has 0 saturated heterocycles. The van der Waals surface area contributed by atoms with Crippen molar-refractivity contribution in [2.45, 2.75) is 25.3 Å². The summed E-state index contributed by atoms with van der Waals surface area (Å²) in [6.07, 6.45) is 2.27. The van der Waals surface area contributed by atoms with E-state index < -0.39 is 0 Å². The summed E-state index contributed by atoms with van der Waals surface area (Å²) in [6, 6.07) is 11.8. The molecule has 1 aliphatic rings. The summed E-state index contributed by atoms with van der Waals surface area (Å²) in [4.78, 5) is 18.7. The van der Waals surface area contributed by atoms with Crippen LogP contribution in [0.1, 0.15) is 40.7 Å². The van der Waals surface area contributed by atoms with Crippen molar-refractivity contribution in [1.82, 2.24) is 15.0 Å². The molecule has 1 saturated carbocycles. The van der Waals surface area contributed by atoms with E-state index in [2.05, 4.69) is 10.1 Å². The van der Waals surface area contributed by atoms with Crippen LogP contribution in [-0.2, 0) is 6.54 Å². The summed E-state index contributed by atoms with van der Waals surface area (Å²) in [6.45, 7) is 0.446. The summed E-state index contributed by atoms with van der Waals surface area (Å²) in [5.74, 6) is 0.620. The van der Waals surface area contributed by atoms with Crippen molar-refractivity contribution < 1.29 is 9.32 Å². The third-order valence-electron chi connectivity index (χ3n) is 4.05. The first-order valence-electron chi connectivity index (χ1n) is 7.92. The molecule has 4 rings (SSSR count). The fourth-order valence-corrected chi connectivity index (χ4v) is 3.37. The molecular weight excluding hydrogens is 322 g/mol. The van der Waals surface area contributed by atoms with Gasteiger partial charge in [-0.1, -0.05) is 35.5 Å². The van der Waals surface area contributed by atoms with Crippen LogP contribution in [0.15, 0.2) is 46.3 Å². The molecule has 0 aliphatic heterocycles. The second-order valence-corrected chi connectivity index (χ2v) is 6.92. The van der Waals surface area contributed by atoms with Gasteiger partial charge in [0.2, 0.25) is 5.76 Å². The summed E-state index contributed by atoms with van der Waals surface area (Å²) < 4.78 is 5.20. The SMILES string of the molecule is CN(Cc1csc(-c2ccccc2)n1)C(=O)c1cc(C2CC2)no1. The monoisotopic (exact) mass is 339 g/mol. The molecule has 122 valence electrons. The van der Waals surface area contributed by atoms with Gasteiger partial charge in [-0.05, 0) is 12.8 Å². The number of rotatable bonds is 5. The molecule has 1 aromatic carbocycles. The van der Waals surface area contributed by atoms with E-state index >= 15 is 0 Å². The van der Waals surface area contributed by atoms with E-state index in [1.165, 1.54) is 0 Å². The topological polar surface area (TPSA) is 59.2 Å². The maximum absolute atomic E-state index is 12.4. The number of carbonyl (C=O) groups excluding carboxylic acids is 1. The van der Waals surface area contributed by atoms with Gasteiger partial charge in [-0.25, -0.2) is 4.98 Å². The highest BCUT2D eigenvalue weighted by atomic mass is 32.1. The summed E-state index contributed by atoms with van der Waals surface area (Å²) in [5.41, 5.74) is 2.86.